The minimum Gasteiger partial charge on any atom is -0.0683 e. The summed E-state index contributed by atoms with van der Waals surface area (Å²) in [4.78, 5) is 0. The van der Waals surface area contributed by atoms with Crippen LogP contribution in [0.15, 0.2) is 0 Å². The molecule has 0 N–H and O–H groups in total. The molecule has 0 aliphatic heterocycles. The predicted molar refractivity (Wildman–Crippen MR) is 43.6 cm³/mol. The molecule has 1 aliphatic carbocycles. The number of hydrogen-bond acceptors (Lipinski definition) is 0. The van der Waals surface area contributed by atoms with Crippen molar-refractivity contribution in [2.75, 3.05) is 0 Å². The maximum absolute atomic E-state index is 2.36. The van der Waals surface area contributed by atoms with Gasteiger partial charge < -0.3 is 0 Å². The van der Waals surface area contributed by atoms with Gasteiger partial charge in [-0.25, -0.2) is 0 Å². The first kappa shape index (κ1) is 13.8. The first-order valence-corrected chi connectivity index (χ1v) is 4.39. The zero-order valence-corrected chi connectivity index (χ0v) is 8.17. The summed E-state index contributed by atoms with van der Waals surface area (Å²) in [5.74, 6) is 1.04. The van der Waals surface area contributed by atoms with Gasteiger partial charge in [0.1, 0.15) is 0 Å². The first-order chi connectivity index (χ1) is 4.39. The second kappa shape index (κ2) is 10.3. The average molecular weight is 168 g/mol. The second-order valence-electron chi connectivity index (χ2n) is 2.74. The summed E-state index contributed by atoms with van der Waals surface area (Å²) >= 11 is 0. The molecule has 1 aliphatic rings. The molecule has 0 saturated heterocycles. The quantitative estimate of drug-likeness (QED) is 0.518. The van der Waals surface area contributed by atoms with Crippen LogP contribution in [0.2, 0.25) is 0 Å². The molecule has 0 aromatic carbocycles. The van der Waals surface area contributed by atoms with E-state index in [1.54, 1.807) is 0 Å². The Hall–Kier alpha value is 1.26. The van der Waals surface area contributed by atoms with Crippen molar-refractivity contribution in [2.24, 2.45) is 5.92 Å². The van der Waals surface area contributed by atoms with E-state index in [1.807, 2.05) is 13.8 Å². The van der Waals surface area contributed by atoms with Gasteiger partial charge in [-0.15, -0.1) is 0 Å². The van der Waals surface area contributed by atoms with Gasteiger partial charge in [0.05, 0.1) is 0 Å². The van der Waals surface area contributed by atoms with Crippen molar-refractivity contribution >= 4 is 0 Å². The fourth-order valence-electron chi connectivity index (χ4n) is 1.31. The van der Waals surface area contributed by atoms with Crippen LogP contribution in [0.3, 0.4) is 0 Å². The molecule has 64 valence electrons. The minimum absolute atomic E-state index is 0. The van der Waals surface area contributed by atoms with Gasteiger partial charge in [-0.3, -0.25) is 0 Å². The van der Waals surface area contributed by atoms with Gasteiger partial charge in [0, 0.05) is 37.7 Å². The third-order valence-electron chi connectivity index (χ3n) is 1.89. The van der Waals surface area contributed by atoms with Crippen LogP contribution in [0.25, 0.3) is 0 Å². The minimum atomic E-state index is 0. The Kier molecular flexibility index (Phi) is 14.2. The number of hydrogen-bond donors (Lipinski definition) is 0. The summed E-state index contributed by atoms with van der Waals surface area (Å²) < 4.78 is 0. The van der Waals surface area contributed by atoms with Crippen LogP contribution in [0, 0.1) is 43.7 Å². The van der Waals surface area contributed by atoms with Gasteiger partial charge in [0.2, 0.25) is 0 Å². The standard InChI is InChI=1S/C7H14.C2H6.Ar/c1-7-5-3-2-4-6-7;1-2;/h7H,2-6H2,1H3;1-2H3;. The molecule has 1 fully saturated rings. The molecule has 1 saturated carbocycles. The normalized spacial score (nSPS) is 18.3. The van der Waals surface area contributed by atoms with E-state index < -0.39 is 0 Å². The van der Waals surface area contributed by atoms with Crippen LogP contribution in [-0.2, 0) is 0 Å². The van der Waals surface area contributed by atoms with E-state index in [0.29, 0.717) is 0 Å². The van der Waals surface area contributed by atoms with Crippen LogP contribution in [-0.4, -0.2) is 0 Å². The molecule has 0 heterocycles. The van der Waals surface area contributed by atoms with Gasteiger partial charge in [0.25, 0.3) is 0 Å². The molecule has 0 aromatic rings. The molecule has 10 heavy (non-hydrogen) atoms. The molecule has 0 amide bonds. The van der Waals surface area contributed by atoms with Gasteiger partial charge >= 0.3 is 0 Å². The Morgan fingerprint density at radius 3 is 1.50 bits per heavy atom. The van der Waals surface area contributed by atoms with Gasteiger partial charge in [0.15, 0.2) is 0 Å². The first-order valence-electron chi connectivity index (χ1n) is 4.39. The maximum Gasteiger partial charge on any atom is 0 e. The zero-order chi connectivity index (χ0) is 7.11. The fourth-order valence-corrected chi connectivity index (χ4v) is 1.31. The second-order valence-corrected chi connectivity index (χ2v) is 2.74. The molecule has 0 spiro atoms. The molecule has 0 aromatic heterocycles. The summed E-state index contributed by atoms with van der Waals surface area (Å²) in [6, 6.07) is 0. The van der Waals surface area contributed by atoms with Crippen LogP contribution in [0.4, 0.5) is 0 Å². The maximum atomic E-state index is 2.36. The molecule has 1 rings (SSSR count). The van der Waals surface area contributed by atoms with E-state index in [1.165, 1.54) is 32.1 Å². The fraction of sp³-hybridized carbons (Fsp3) is 1.00. The van der Waals surface area contributed by atoms with Crippen LogP contribution >= 0.6 is 0 Å². The van der Waals surface area contributed by atoms with E-state index in [-0.39, 0.29) is 37.7 Å². The van der Waals surface area contributed by atoms with E-state index >= 15 is 0 Å². The molecular weight excluding hydrogens is 148 g/mol. The van der Waals surface area contributed by atoms with Crippen molar-refractivity contribution in [1.82, 2.24) is 0 Å². The van der Waals surface area contributed by atoms with Crippen molar-refractivity contribution in [3.63, 3.8) is 0 Å². The monoisotopic (exact) mass is 168 g/mol. The van der Waals surface area contributed by atoms with Crippen molar-refractivity contribution in [3.8, 4) is 0 Å². The summed E-state index contributed by atoms with van der Waals surface area (Å²) in [7, 11) is 0. The zero-order valence-electron chi connectivity index (χ0n) is 7.47. The van der Waals surface area contributed by atoms with Gasteiger partial charge in [-0.2, -0.15) is 0 Å². The van der Waals surface area contributed by atoms with Gasteiger partial charge in [-0.05, 0) is 5.92 Å². The van der Waals surface area contributed by atoms with Gasteiger partial charge in [-0.1, -0.05) is 52.9 Å². The summed E-state index contributed by atoms with van der Waals surface area (Å²) in [5, 5.41) is 0. The van der Waals surface area contributed by atoms with Crippen molar-refractivity contribution in [2.45, 2.75) is 52.9 Å². The van der Waals surface area contributed by atoms with Crippen molar-refractivity contribution < 1.29 is 37.7 Å². The number of rotatable bonds is 0. The molecule has 0 unspecified atom stereocenters. The summed E-state index contributed by atoms with van der Waals surface area (Å²) in [6.07, 6.45) is 7.44. The topological polar surface area (TPSA) is 0 Å². The SMILES string of the molecule is CC.CC1CCCCC1.[Ar]. The summed E-state index contributed by atoms with van der Waals surface area (Å²) in [6.45, 7) is 6.36. The smallest absolute Gasteiger partial charge is 0 e. The Labute approximate surface area is 95.8 Å². The van der Waals surface area contributed by atoms with E-state index in [0.717, 1.165) is 5.92 Å². The third kappa shape index (κ3) is 7.37. The predicted octanol–water partition coefficient (Wildman–Crippen LogP) is 3.61. The van der Waals surface area contributed by atoms with Crippen molar-refractivity contribution in [1.29, 1.82) is 0 Å². The Morgan fingerprint density at radius 2 is 1.30 bits per heavy atom. The van der Waals surface area contributed by atoms with E-state index in [2.05, 4.69) is 6.92 Å². The average Bonchev–Trinajstić information content (AvgIpc) is 1.94. The molecule has 0 nitrogen and oxygen atoms in total. The Balaban J connectivity index is 0. The molecule has 0 bridgehead atoms. The third-order valence-corrected chi connectivity index (χ3v) is 1.89. The van der Waals surface area contributed by atoms with Crippen LogP contribution in [0.1, 0.15) is 52.9 Å². The largest absolute Gasteiger partial charge is 0.0683 e. The van der Waals surface area contributed by atoms with Crippen molar-refractivity contribution in [3.05, 3.63) is 0 Å². The molecule has 1 heteroatoms. The van der Waals surface area contributed by atoms with E-state index in [9.17, 15) is 0 Å². The molecular formula is C9H20Ar. The van der Waals surface area contributed by atoms with E-state index in [4.69, 9.17) is 0 Å². The Morgan fingerprint density at radius 1 is 0.900 bits per heavy atom. The van der Waals surface area contributed by atoms with Crippen LogP contribution in [0.5, 0.6) is 0 Å². The van der Waals surface area contributed by atoms with Crippen LogP contribution < -0.4 is 0 Å². The molecule has 0 atom stereocenters. The summed E-state index contributed by atoms with van der Waals surface area (Å²) in [5.41, 5.74) is 0. The Bertz CT molecular complexity index is 46.7. The molecule has 0 radical (unpaired) electrons.